The highest BCUT2D eigenvalue weighted by atomic mass is 16.5. The van der Waals surface area contributed by atoms with Crippen LogP contribution in [0.4, 0.5) is 0 Å². The molecule has 0 aliphatic carbocycles. The van der Waals surface area contributed by atoms with Crippen molar-refractivity contribution in [1.29, 1.82) is 0 Å². The predicted molar refractivity (Wildman–Crippen MR) is 66.9 cm³/mol. The van der Waals surface area contributed by atoms with Crippen molar-refractivity contribution in [3.63, 3.8) is 0 Å². The molecule has 2 heteroatoms. The molecule has 1 rings (SSSR count). The smallest absolute Gasteiger partial charge is 0.119 e. The van der Waals surface area contributed by atoms with Crippen molar-refractivity contribution in [1.82, 2.24) is 0 Å². The van der Waals surface area contributed by atoms with Crippen molar-refractivity contribution in [3.05, 3.63) is 29.3 Å². The second-order valence-corrected chi connectivity index (χ2v) is 4.08. The van der Waals surface area contributed by atoms with E-state index in [0.29, 0.717) is 6.61 Å². The molecule has 16 heavy (non-hydrogen) atoms. The van der Waals surface area contributed by atoms with Crippen molar-refractivity contribution >= 4 is 0 Å². The summed E-state index contributed by atoms with van der Waals surface area (Å²) in [6.07, 6.45) is 4.92. The molecule has 0 aliphatic heterocycles. The summed E-state index contributed by atoms with van der Waals surface area (Å²) in [6, 6.07) is 6.36. The fraction of sp³-hybridized carbons (Fsp3) is 0.571. The molecule has 1 aromatic rings. The van der Waals surface area contributed by atoms with Crippen LogP contribution < -0.4 is 4.74 Å². The van der Waals surface area contributed by atoms with Crippen LogP contribution in [-0.4, -0.2) is 14.2 Å². The van der Waals surface area contributed by atoms with Gasteiger partial charge < -0.3 is 9.47 Å². The summed E-state index contributed by atoms with van der Waals surface area (Å²) in [5.41, 5.74) is 2.54. The summed E-state index contributed by atoms with van der Waals surface area (Å²) in [6.45, 7) is 2.87. The lowest BCUT2D eigenvalue weighted by molar-refractivity contribution is 0.184. The Hall–Kier alpha value is -1.02. The van der Waals surface area contributed by atoms with Gasteiger partial charge in [-0.15, -0.1) is 0 Å². The molecule has 2 nitrogen and oxygen atoms in total. The molecule has 1 aromatic carbocycles. The molecule has 0 fully saturated rings. The Balaban J connectivity index is 2.69. The average molecular weight is 222 g/mol. The number of rotatable bonds is 7. The Bertz CT molecular complexity index is 308. The standard InChI is InChI=1S/C14H22O2/c1-4-5-6-7-12-8-13(11-15-2)10-14(9-12)16-3/h8-10H,4-7,11H2,1-3H3. The van der Waals surface area contributed by atoms with Crippen LogP contribution in [-0.2, 0) is 17.8 Å². The van der Waals surface area contributed by atoms with Crippen LogP contribution in [0.25, 0.3) is 0 Å². The molecular weight excluding hydrogens is 200 g/mol. The summed E-state index contributed by atoms with van der Waals surface area (Å²) in [5.74, 6) is 0.932. The Labute approximate surface area is 98.6 Å². The van der Waals surface area contributed by atoms with Gasteiger partial charge in [-0.1, -0.05) is 25.8 Å². The zero-order chi connectivity index (χ0) is 11.8. The van der Waals surface area contributed by atoms with E-state index in [2.05, 4.69) is 19.1 Å². The van der Waals surface area contributed by atoms with Crippen molar-refractivity contribution in [2.45, 2.75) is 39.2 Å². The van der Waals surface area contributed by atoms with Gasteiger partial charge in [0.1, 0.15) is 5.75 Å². The van der Waals surface area contributed by atoms with Gasteiger partial charge >= 0.3 is 0 Å². The van der Waals surface area contributed by atoms with Crippen LogP contribution in [0, 0.1) is 0 Å². The second-order valence-electron chi connectivity index (χ2n) is 4.08. The maximum absolute atomic E-state index is 5.29. The Morgan fingerprint density at radius 2 is 1.75 bits per heavy atom. The number of hydrogen-bond donors (Lipinski definition) is 0. The third kappa shape index (κ3) is 4.23. The van der Waals surface area contributed by atoms with E-state index in [4.69, 9.17) is 9.47 Å². The third-order valence-corrected chi connectivity index (χ3v) is 2.64. The first kappa shape index (κ1) is 13.0. The zero-order valence-corrected chi connectivity index (χ0v) is 10.6. The van der Waals surface area contributed by atoms with Gasteiger partial charge in [0.05, 0.1) is 13.7 Å². The summed E-state index contributed by atoms with van der Waals surface area (Å²) < 4.78 is 10.4. The van der Waals surface area contributed by atoms with E-state index in [0.717, 1.165) is 12.2 Å². The predicted octanol–water partition coefficient (Wildman–Crippen LogP) is 3.57. The Morgan fingerprint density at radius 3 is 2.38 bits per heavy atom. The fourth-order valence-electron chi connectivity index (χ4n) is 1.82. The largest absolute Gasteiger partial charge is 0.497 e. The van der Waals surface area contributed by atoms with Crippen molar-refractivity contribution in [2.75, 3.05) is 14.2 Å². The molecule has 0 unspecified atom stereocenters. The van der Waals surface area contributed by atoms with Gasteiger partial charge in [-0.25, -0.2) is 0 Å². The lowest BCUT2D eigenvalue weighted by Gasteiger charge is -2.08. The fourth-order valence-corrected chi connectivity index (χ4v) is 1.82. The lowest BCUT2D eigenvalue weighted by atomic mass is 10.0. The maximum Gasteiger partial charge on any atom is 0.119 e. The van der Waals surface area contributed by atoms with Crippen molar-refractivity contribution < 1.29 is 9.47 Å². The SMILES string of the molecule is CCCCCc1cc(COC)cc(OC)c1. The van der Waals surface area contributed by atoms with Crippen molar-refractivity contribution in [2.24, 2.45) is 0 Å². The van der Waals surface area contributed by atoms with E-state index in [-0.39, 0.29) is 0 Å². The van der Waals surface area contributed by atoms with Gasteiger partial charge in [0, 0.05) is 7.11 Å². The average Bonchev–Trinajstić information content (AvgIpc) is 2.29. The monoisotopic (exact) mass is 222 g/mol. The van der Waals surface area contributed by atoms with E-state index in [9.17, 15) is 0 Å². The number of ether oxygens (including phenoxy) is 2. The minimum atomic E-state index is 0.651. The molecule has 0 heterocycles. The molecule has 0 saturated carbocycles. The van der Waals surface area contributed by atoms with Crippen LogP contribution in [0.15, 0.2) is 18.2 Å². The zero-order valence-electron chi connectivity index (χ0n) is 10.6. The molecule has 0 spiro atoms. The van der Waals surface area contributed by atoms with E-state index >= 15 is 0 Å². The number of aryl methyl sites for hydroxylation is 1. The topological polar surface area (TPSA) is 18.5 Å². The number of unbranched alkanes of at least 4 members (excludes halogenated alkanes) is 2. The molecule has 0 aliphatic rings. The van der Waals surface area contributed by atoms with Crippen LogP contribution >= 0.6 is 0 Å². The van der Waals surface area contributed by atoms with E-state index in [1.54, 1.807) is 14.2 Å². The van der Waals surface area contributed by atoms with Gasteiger partial charge in [0.25, 0.3) is 0 Å². The molecule has 0 aromatic heterocycles. The normalized spacial score (nSPS) is 10.4. The Kier molecular flexibility index (Phi) is 5.94. The molecule has 0 amide bonds. The van der Waals surface area contributed by atoms with E-state index in [1.165, 1.54) is 30.4 Å². The first-order valence-corrected chi connectivity index (χ1v) is 5.96. The molecule has 0 bridgehead atoms. The highest BCUT2D eigenvalue weighted by Gasteiger charge is 2.01. The molecule has 0 radical (unpaired) electrons. The highest BCUT2D eigenvalue weighted by molar-refractivity contribution is 5.34. The number of methoxy groups -OCH3 is 2. The van der Waals surface area contributed by atoms with Crippen LogP contribution in [0.1, 0.15) is 37.3 Å². The van der Waals surface area contributed by atoms with Gasteiger partial charge in [0.2, 0.25) is 0 Å². The molecule has 0 saturated heterocycles. The van der Waals surface area contributed by atoms with Gasteiger partial charge in [-0.3, -0.25) is 0 Å². The summed E-state index contributed by atoms with van der Waals surface area (Å²) in [5, 5.41) is 0. The quantitative estimate of drug-likeness (QED) is 0.657. The summed E-state index contributed by atoms with van der Waals surface area (Å²) in [7, 11) is 3.43. The lowest BCUT2D eigenvalue weighted by Crippen LogP contribution is -1.94. The van der Waals surface area contributed by atoms with E-state index in [1.807, 2.05) is 6.07 Å². The Morgan fingerprint density at radius 1 is 1.00 bits per heavy atom. The molecular formula is C14H22O2. The number of hydrogen-bond acceptors (Lipinski definition) is 2. The van der Waals surface area contributed by atoms with Gasteiger partial charge in [0.15, 0.2) is 0 Å². The van der Waals surface area contributed by atoms with Crippen LogP contribution in [0.5, 0.6) is 5.75 Å². The highest BCUT2D eigenvalue weighted by Crippen LogP contribution is 2.19. The van der Waals surface area contributed by atoms with Crippen LogP contribution in [0.2, 0.25) is 0 Å². The molecule has 0 N–H and O–H groups in total. The molecule has 90 valence electrons. The van der Waals surface area contributed by atoms with Crippen LogP contribution in [0.3, 0.4) is 0 Å². The first-order chi connectivity index (χ1) is 7.80. The summed E-state index contributed by atoms with van der Waals surface area (Å²) in [4.78, 5) is 0. The summed E-state index contributed by atoms with van der Waals surface area (Å²) >= 11 is 0. The number of benzene rings is 1. The second kappa shape index (κ2) is 7.29. The van der Waals surface area contributed by atoms with Crippen molar-refractivity contribution in [3.8, 4) is 5.75 Å². The maximum atomic E-state index is 5.29. The van der Waals surface area contributed by atoms with Gasteiger partial charge in [-0.05, 0) is 36.1 Å². The van der Waals surface area contributed by atoms with Gasteiger partial charge in [-0.2, -0.15) is 0 Å². The minimum Gasteiger partial charge on any atom is -0.497 e. The minimum absolute atomic E-state index is 0.651. The third-order valence-electron chi connectivity index (χ3n) is 2.64. The first-order valence-electron chi connectivity index (χ1n) is 5.96. The molecule has 0 atom stereocenters. The van der Waals surface area contributed by atoms with E-state index < -0.39 is 0 Å².